The number of hydrogen-bond acceptors (Lipinski definition) is 19. The monoisotopic (exact) mass is 1540 g/mol. The minimum atomic E-state index is -0.593. The molecule has 5 aromatic rings. The molecule has 8 aliphatic rings. The van der Waals surface area contributed by atoms with E-state index in [0.29, 0.717) is 98.7 Å². The molecule has 5 aromatic carbocycles. The zero-order valence-corrected chi connectivity index (χ0v) is 61.0. The fourth-order valence-corrected chi connectivity index (χ4v) is 14.0. The van der Waals surface area contributed by atoms with Gasteiger partial charge in [0.25, 0.3) is 5.91 Å². The summed E-state index contributed by atoms with van der Waals surface area (Å²) in [7, 11) is 5.49. The lowest BCUT2D eigenvalue weighted by Crippen LogP contribution is -2.52. The summed E-state index contributed by atoms with van der Waals surface area (Å²) in [5.41, 5.74) is 8.91. The smallest absolute Gasteiger partial charge is 0.337 e. The number of hydroxylamine groups is 1. The summed E-state index contributed by atoms with van der Waals surface area (Å²) in [5.74, 6) is 0.467. The van der Waals surface area contributed by atoms with Gasteiger partial charge in [0.05, 0.1) is 73.9 Å². The summed E-state index contributed by atoms with van der Waals surface area (Å²) >= 11 is 10.2. The van der Waals surface area contributed by atoms with Crippen LogP contribution in [0.2, 0.25) is 0 Å². The van der Waals surface area contributed by atoms with Crippen LogP contribution in [0.3, 0.4) is 0 Å². The molecule has 22 nitrogen and oxygen atoms in total. The second-order valence-corrected chi connectivity index (χ2v) is 28.7. The van der Waals surface area contributed by atoms with Crippen molar-refractivity contribution in [3.05, 3.63) is 156 Å². The van der Waals surface area contributed by atoms with Gasteiger partial charge in [-0.2, -0.15) is 0 Å². The molecule has 5 aliphatic heterocycles. The number of halogens is 3. The minimum Gasteiger partial charge on any atom is -0.491 e. The number of fused-ring (bicyclic) bond motifs is 3. The Hall–Kier alpha value is -6.97. The number of hydrogen-bond donors (Lipinski definition) is 4. The van der Waals surface area contributed by atoms with Crippen LogP contribution in [0, 0.1) is 17.3 Å². The Bertz CT molecular complexity index is 3590. The van der Waals surface area contributed by atoms with Crippen LogP contribution in [0.1, 0.15) is 164 Å². The van der Waals surface area contributed by atoms with Crippen LogP contribution in [0.25, 0.3) is 0 Å². The van der Waals surface area contributed by atoms with Crippen LogP contribution in [-0.4, -0.2) is 160 Å². The molecule has 13 rings (SSSR count). The molecule has 25 heteroatoms. The summed E-state index contributed by atoms with van der Waals surface area (Å²) in [4.78, 5) is 87.4. The lowest BCUT2D eigenvalue weighted by molar-refractivity contribution is -0.145. The first-order chi connectivity index (χ1) is 47.1. The number of alkyl halides is 1. The first-order valence-electron chi connectivity index (χ1n) is 32.9. The van der Waals surface area contributed by atoms with Crippen LogP contribution in [-0.2, 0) is 69.4 Å². The lowest BCUT2D eigenvalue weighted by Gasteiger charge is -2.39. The number of aryl methyl sites for hydroxylation is 1. The van der Waals surface area contributed by atoms with Crippen LogP contribution < -0.4 is 25.0 Å². The SMILES string of the molecule is CC1(C)COc2cc(C(=O)NO)ccc2CN1C(=O)C1CCOCC1.COC(=O)c1ccc(CBr)c(Br)c1.COC(=O)c1ccc(CCC2(CO)CC2)c(Br)c1.COC(=O)c1ccc2c(c1)OCC1(CC1)N(C(=O)C1CCOCC1)C2.COC(=O)c1ccc2c(c1)OCC1(CC1)NC2. The number of aliphatic hydroxyl groups excluding tert-OH is 1. The second-order valence-electron chi connectivity index (χ2n) is 26.4. The third-order valence-corrected chi connectivity index (χ3v) is 21.3. The molecule has 3 aliphatic carbocycles. The maximum Gasteiger partial charge on any atom is 0.337 e. The molecule has 3 amide bonds. The van der Waals surface area contributed by atoms with Crippen molar-refractivity contribution in [3.8, 4) is 17.2 Å². The highest BCUT2D eigenvalue weighted by molar-refractivity contribution is 9.11. The first-order valence-corrected chi connectivity index (χ1v) is 35.6. The number of esters is 4. The van der Waals surface area contributed by atoms with Crippen molar-refractivity contribution in [2.24, 2.45) is 17.3 Å². The van der Waals surface area contributed by atoms with Gasteiger partial charge in [-0.25, -0.2) is 24.7 Å². The van der Waals surface area contributed by atoms with Gasteiger partial charge in [-0.1, -0.05) is 78.1 Å². The summed E-state index contributed by atoms with van der Waals surface area (Å²) < 4.78 is 49.0. The summed E-state index contributed by atoms with van der Waals surface area (Å²) in [6.45, 7) is 10.1. The van der Waals surface area contributed by atoms with E-state index in [-0.39, 0.29) is 70.6 Å². The number of nitrogens with zero attached hydrogens (tertiary/aromatic N) is 2. The largest absolute Gasteiger partial charge is 0.491 e. The molecule has 528 valence electrons. The standard InChI is InChI=1S/C19H23NO5.C18H24N2O5.C14H17BrO3.C13H15NO3.C9H8Br2O2/c1-23-18(22)14-2-3-15-11-20(17(21)13-4-8-24-9-5-13)19(6-7-19)12-25-16(15)10-14;1-18(2)11-25-15-9-13(16(21)19-23)3-4-14(15)10-20(18)17(22)12-5-7-24-8-6-12;1-18-13(17)11-3-2-10(12(15)8-11)4-5-14(9-16)6-7-14;1-16-12(15)9-2-3-10-7-14-13(4-5-13)8-17-11(10)6-9;1-13-9(12)6-2-3-7(5-10)8(11)4-6/h2-3,10,13H,4-9,11-12H2,1H3;3-4,9,12,23H,5-8,10-11H2,1-2H3,(H,19,21);2-3,8,16H,4-7,9H2,1H3;2-3,6,14H,4-5,7-8H2,1H3;2-4H,5H2,1H3. The van der Waals surface area contributed by atoms with E-state index in [0.717, 1.165) is 113 Å². The van der Waals surface area contributed by atoms with Crippen LogP contribution in [0.5, 0.6) is 17.2 Å². The van der Waals surface area contributed by atoms with E-state index in [1.807, 2.05) is 47.9 Å². The van der Waals surface area contributed by atoms with Crippen molar-refractivity contribution in [3.63, 3.8) is 0 Å². The van der Waals surface area contributed by atoms with E-state index in [2.05, 4.69) is 62.6 Å². The molecule has 0 aromatic heterocycles. The van der Waals surface area contributed by atoms with Gasteiger partial charge in [0.2, 0.25) is 11.8 Å². The van der Waals surface area contributed by atoms with E-state index >= 15 is 0 Å². The highest BCUT2D eigenvalue weighted by Gasteiger charge is 2.53. The molecule has 98 heavy (non-hydrogen) atoms. The van der Waals surface area contributed by atoms with Crippen LogP contribution >= 0.6 is 47.8 Å². The van der Waals surface area contributed by atoms with E-state index in [9.17, 15) is 38.7 Å². The van der Waals surface area contributed by atoms with Gasteiger partial charge < -0.3 is 62.9 Å². The van der Waals surface area contributed by atoms with Crippen molar-refractivity contribution >= 4 is 89.4 Å². The maximum absolute atomic E-state index is 13.1. The molecular weight excluding hydrogens is 1460 g/mol. The van der Waals surface area contributed by atoms with Gasteiger partial charge in [-0.15, -0.1) is 0 Å². The molecule has 5 fully saturated rings. The first kappa shape index (κ1) is 75.2. The lowest BCUT2D eigenvalue weighted by atomic mass is 9.94. The van der Waals surface area contributed by atoms with E-state index in [4.69, 9.17) is 38.4 Å². The molecule has 2 spiro atoms. The van der Waals surface area contributed by atoms with E-state index in [1.165, 1.54) is 46.8 Å². The average Bonchev–Trinajstić information content (AvgIpc) is 1.59. The van der Waals surface area contributed by atoms with Gasteiger partial charge in [0.15, 0.2) is 0 Å². The normalized spacial score (nSPS) is 18.5. The number of rotatable bonds is 12. The number of methoxy groups -OCH3 is 4. The van der Waals surface area contributed by atoms with E-state index < -0.39 is 11.4 Å². The maximum atomic E-state index is 13.1. The van der Waals surface area contributed by atoms with Crippen LogP contribution in [0.15, 0.2) is 99.9 Å². The predicted molar refractivity (Wildman–Crippen MR) is 371 cm³/mol. The second kappa shape index (κ2) is 33.9. The highest BCUT2D eigenvalue weighted by Crippen LogP contribution is 2.50. The molecule has 4 N–H and O–H groups in total. The molecule has 5 heterocycles. The molecular formula is C73H87Br3N4O18. The molecule has 3 saturated carbocycles. The fourth-order valence-electron chi connectivity index (χ4n) is 12.1. The number of nitrogens with one attached hydrogen (secondary N) is 2. The van der Waals surface area contributed by atoms with Gasteiger partial charge in [-0.3, -0.25) is 19.6 Å². The number of carbonyl (C=O) groups excluding carboxylic acids is 7. The Morgan fingerprint density at radius 3 is 1.44 bits per heavy atom. The van der Waals surface area contributed by atoms with Gasteiger partial charge in [0, 0.05) is 94.5 Å². The van der Waals surface area contributed by atoms with Gasteiger partial charge in [0.1, 0.15) is 37.1 Å². The molecule has 0 unspecified atom stereocenters. The Balaban J connectivity index is 0.000000146. The number of ether oxygens (including phenoxy) is 9. The predicted octanol–water partition coefficient (Wildman–Crippen LogP) is 11.4. The molecule has 0 bridgehead atoms. The molecule has 2 saturated heterocycles. The number of aliphatic hydroxyl groups is 1. The van der Waals surface area contributed by atoms with Crippen molar-refractivity contribution in [1.29, 1.82) is 0 Å². The topological polar surface area (TPSA) is 274 Å². The highest BCUT2D eigenvalue weighted by atomic mass is 79.9. The quantitative estimate of drug-likeness (QED) is 0.0297. The summed E-state index contributed by atoms with van der Waals surface area (Å²) in [6.07, 6.45) is 11.5. The third kappa shape index (κ3) is 19.1. The third-order valence-electron chi connectivity index (χ3n) is 19.3. The van der Waals surface area contributed by atoms with Gasteiger partial charge >= 0.3 is 23.9 Å². The van der Waals surface area contributed by atoms with Crippen molar-refractivity contribution in [2.75, 3.05) is 81.3 Å². The number of carbonyl (C=O) groups is 7. The Kier molecular flexibility index (Phi) is 26.0. The van der Waals surface area contributed by atoms with Gasteiger partial charge in [-0.05, 0) is 168 Å². The Labute approximate surface area is 596 Å². The Morgan fingerprint density at radius 1 is 0.551 bits per heavy atom. The van der Waals surface area contributed by atoms with Crippen molar-refractivity contribution < 1.29 is 86.5 Å². The zero-order chi connectivity index (χ0) is 70.4. The van der Waals surface area contributed by atoms with Crippen molar-refractivity contribution in [1.82, 2.24) is 20.6 Å². The number of amides is 3. The molecule has 0 atom stereocenters. The van der Waals surface area contributed by atoms with Crippen molar-refractivity contribution in [2.45, 2.75) is 132 Å². The number of benzene rings is 5. The average molecular weight is 1550 g/mol. The summed E-state index contributed by atoms with van der Waals surface area (Å²) in [5, 5.41) is 22.3. The zero-order valence-electron chi connectivity index (χ0n) is 56.2. The Morgan fingerprint density at radius 2 is 0.980 bits per heavy atom. The fraction of sp³-hybridized carbons (Fsp3) is 0.493. The molecule has 0 radical (unpaired) electrons. The minimum absolute atomic E-state index is 0.0194. The summed E-state index contributed by atoms with van der Waals surface area (Å²) in [6, 6.07) is 26.7. The van der Waals surface area contributed by atoms with E-state index in [1.54, 1.807) is 72.2 Å². The van der Waals surface area contributed by atoms with Crippen LogP contribution in [0.4, 0.5) is 0 Å².